The van der Waals surface area contributed by atoms with Crippen LogP contribution in [0.25, 0.3) is 0 Å². The zero-order valence-corrected chi connectivity index (χ0v) is 14.5. The highest BCUT2D eigenvalue weighted by molar-refractivity contribution is 7.90. The minimum Gasteiger partial charge on any atom is -0.365 e. The second kappa shape index (κ2) is 5.67. The zero-order valence-electron chi connectivity index (χ0n) is 13.7. The number of piperidine rings is 1. The molecule has 0 radical (unpaired) electrons. The van der Waals surface area contributed by atoms with Crippen LogP contribution in [0.4, 0.5) is 11.4 Å². The Balaban J connectivity index is 1.75. The fourth-order valence-electron chi connectivity index (χ4n) is 4.31. The van der Waals surface area contributed by atoms with Gasteiger partial charge in [-0.3, -0.25) is 4.31 Å². The Morgan fingerprint density at radius 2 is 1.78 bits per heavy atom. The first-order chi connectivity index (χ1) is 11.1. The Morgan fingerprint density at radius 1 is 1.00 bits per heavy atom. The predicted octanol–water partition coefficient (Wildman–Crippen LogP) is 2.59. The van der Waals surface area contributed by atoms with E-state index in [4.69, 9.17) is 0 Å². The maximum absolute atomic E-state index is 13.3. The maximum atomic E-state index is 13.3. The van der Waals surface area contributed by atoms with Crippen molar-refractivity contribution in [3.8, 4) is 0 Å². The molecule has 3 aliphatic rings. The summed E-state index contributed by atoms with van der Waals surface area (Å²) >= 11 is 0. The molecule has 0 unspecified atom stereocenters. The lowest BCUT2D eigenvalue weighted by Crippen LogP contribution is -2.55. The summed E-state index contributed by atoms with van der Waals surface area (Å²) in [6, 6.07) is 8.39. The van der Waals surface area contributed by atoms with Gasteiger partial charge in [0.05, 0.1) is 17.9 Å². The van der Waals surface area contributed by atoms with Gasteiger partial charge in [-0.25, -0.2) is 0 Å². The van der Waals surface area contributed by atoms with Gasteiger partial charge in [0.15, 0.2) is 0 Å². The summed E-state index contributed by atoms with van der Waals surface area (Å²) in [5.74, 6) is 0. The second-order valence-corrected chi connectivity index (χ2v) is 8.78. The number of anilines is 2. The molecule has 0 spiro atoms. The first-order valence-corrected chi connectivity index (χ1v) is 10.1. The van der Waals surface area contributed by atoms with Crippen molar-refractivity contribution >= 4 is 21.6 Å². The fraction of sp³-hybridized carbons (Fsp3) is 0.647. The first-order valence-electron chi connectivity index (χ1n) is 8.74. The van der Waals surface area contributed by atoms with E-state index >= 15 is 0 Å². The highest BCUT2D eigenvalue weighted by atomic mass is 32.2. The van der Waals surface area contributed by atoms with E-state index in [1.54, 1.807) is 8.61 Å². The molecular weight excluding hydrogens is 310 g/mol. The maximum Gasteiger partial charge on any atom is 0.304 e. The van der Waals surface area contributed by atoms with Crippen LogP contribution in [0.1, 0.15) is 39.0 Å². The van der Waals surface area contributed by atoms with E-state index in [1.807, 2.05) is 25.1 Å². The van der Waals surface area contributed by atoms with Crippen LogP contribution >= 0.6 is 0 Å². The Hall–Kier alpha value is -1.27. The number of para-hydroxylation sites is 2. The molecule has 5 nitrogen and oxygen atoms in total. The quantitative estimate of drug-likeness (QED) is 0.834. The monoisotopic (exact) mass is 335 g/mol. The van der Waals surface area contributed by atoms with Gasteiger partial charge in [0, 0.05) is 25.2 Å². The number of nitrogens with zero attached hydrogens (tertiary/aromatic N) is 3. The molecule has 0 bridgehead atoms. The lowest BCUT2D eigenvalue weighted by Gasteiger charge is -2.44. The Labute approximate surface area is 139 Å². The number of rotatable bonds is 2. The van der Waals surface area contributed by atoms with Gasteiger partial charge in [-0.05, 0) is 44.7 Å². The molecule has 0 amide bonds. The Morgan fingerprint density at radius 3 is 2.57 bits per heavy atom. The third kappa shape index (κ3) is 2.43. The normalized spacial score (nSPS) is 28.6. The Kier molecular flexibility index (Phi) is 3.76. The van der Waals surface area contributed by atoms with Crippen LogP contribution in [0.2, 0.25) is 0 Å². The van der Waals surface area contributed by atoms with Crippen molar-refractivity contribution in [1.29, 1.82) is 0 Å². The van der Waals surface area contributed by atoms with Crippen molar-refractivity contribution in [3.63, 3.8) is 0 Å². The summed E-state index contributed by atoms with van der Waals surface area (Å²) in [7, 11) is -3.45. The summed E-state index contributed by atoms with van der Waals surface area (Å²) in [5, 5.41) is 0. The van der Waals surface area contributed by atoms with Crippen molar-refractivity contribution in [1.82, 2.24) is 4.31 Å². The molecule has 126 valence electrons. The molecule has 0 aliphatic carbocycles. The highest BCUT2D eigenvalue weighted by Crippen LogP contribution is 2.41. The van der Waals surface area contributed by atoms with E-state index < -0.39 is 10.2 Å². The molecule has 0 aromatic heterocycles. The number of hydrogen-bond acceptors (Lipinski definition) is 3. The van der Waals surface area contributed by atoms with Crippen molar-refractivity contribution in [2.75, 3.05) is 28.8 Å². The van der Waals surface area contributed by atoms with Gasteiger partial charge in [-0.1, -0.05) is 18.6 Å². The van der Waals surface area contributed by atoms with Crippen LogP contribution < -0.4 is 9.21 Å². The lowest BCUT2D eigenvalue weighted by molar-refractivity contribution is 0.267. The molecule has 3 heterocycles. The highest BCUT2D eigenvalue weighted by Gasteiger charge is 2.42. The third-order valence-electron chi connectivity index (χ3n) is 5.53. The van der Waals surface area contributed by atoms with E-state index in [1.165, 1.54) is 0 Å². The molecule has 2 saturated heterocycles. The van der Waals surface area contributed by atoms with E-state index in [2.05, 4.69) is 11.0 Å². The predicted molar refractivity (Wildman–Crippen MR) is 93.1 cm³/mol. The molecule has 4 rings (SSSR count). The topological polar surface area (TPSA) is 43.9 Å². The van der Waals surface area contributed by atoms with E-state index in [9.17, 15) is 8.42 Å². The van der Waals surface area contributed by atoms with Gasteiger partial charge in [0.25, 0.3) is 0 Å². The van der Waals surface area contributed by atoms with Gasteiger partial charge in [0.1, 0.15) is 0 Å². The van der Waals surface area contributed by atoms with Gasteiger partial charge in [-0.2, -0.15) is 12.7 Å². The smallest absolute Gasteiger partial charge is 0.304 e. The molecule has 0 saturated carbocycles. The molecule has 2 atom stereocenters. The Bertz CT molecular complexity index is 691. The van der Waals surface area contributed by atoms with Gasteiger partial charge in [0.2, 0.25) is 0 Å². The average Bonchev–Trinajstić information content (AvgIpc) is 3.03. The molecule has 1 aromatic rings. The summed E-state index contributed by atoms with van der Waals surface area (Å²) in [6.45, 7) is 4.31. The molecule has 3 aliphatic heterocycles. The second-order valence-electron chi connectivity index (χ2n) is 6.97. The average molecular weight is 335 g/mol. The first kappa shape index (κ1) is 15.3. The van der Waals surface area contributed by atoms with Gasteiger partial charge < -0.3 is 4.90 Å². The van der Waals surface area contributed by atoms with Crippen molar-refractivity contribution in [3.05, 3.63) is 24.3 Å². The standard InChI is InChI=1S/C17H25N3O2S/c1-14-7-4-5-12-19(14)23(21,22)20-13-15-8-6-11-18(15)16-9-2-3-10-17(16)20/h2-3,9-10,14-15H,4-8,11-13H2,1H3/t14-,15-/m1/s1. The summed E-state index contributed by atoms with van der Waals surface area (Å²) in [6.07, 6.45) is 5.28. The van der Waals surface area contributed by atoms with E-state index in [0.717, 1.165) is 50.0 Å². The van der Waals surface area contributed by atoms with Crippen LogP contribution in [0.15, 0.2) is 24.3 Å². The number of fused-ring (bicyclic) bond motifs is 3. The van der Waals surface area contributed by atoms with Crippen LogP contribution in [0.3, 0.4) is 0 Å². The van der Waals surface area contributed by atoms with Crippen molar-refractivity contribution < 1.29 is 8.42 Å². The third-order valence-corrected chi connectivity index (χ3v) is 7.57. The minimum absolute atomic E-state index is 0.0996. The number of benzene rings is 1. The van der Waals surface area contributed by atoms with Gasteiger partial charge in [-0.15, -0.1) is 0 Å². The number of hydrogen-bond donors (Lipinski definition) is 0. The molecule has 23 heavy (non-hydrogen) atoms. The summed E-state index contributed by atoms with van der Waals surface area (Å²) < 4.78 is 30.1. The largest absolute Gasteiger partial charge is 0.365 e. The van der Waals surface area contributed by atoms with Crippen molar-refractivity contribution in [2.24, 2.45) is 0 Å². The summed E-state index contributed by atoms with van der Waals surface area (Å²) in [5.41, 5.74) is 1.93. The molecule has 2 fully saturated rings. The van der Waals surface area contributed by atoms with Crippen LogP contribution in [0.5, 0.6) is 0 Å². The molecule has 6 heteroatoms. The van der Waals surface area contributed by atoms with E-state index in [0.29, 0.717) is 19.1 Å². The SMILES string of the molecule is C[C@@H]1CCCCN1S(=O)(=O)N1C[C@H]2CCCN2c2ccccc21. The molecule has 1 aromatic carbocycles. The van der Waals surface area contributed by atoms with Crippen LogP contribution in [-0.4, -0.2) is 44.4 Å². The summed E-state index contributed by atoms with van der Waals surface area (Å²) in [4.78, 5) is 2.39. The van der Waals surface area contributed by atoms with Gasteiger partial charge >= 0.3 is 10.2 Å². The lowest BCUT2D eigenvalue weighted by atomic mass is 10.1. The van der Waals surface area contributed by atoms with E-state index in [-0.39, 0.29) is 6.04 Å². The van der Waals surface area contributed by atoms with Crippen LogP contribution in [0, 0.1) is 0 Å². The van der Waals surface area contributed by atoms with Crippen molar-refractivity contribution in [2.45, 2.75) is 51.1 Å². The van der Waals surface area contributed by atoms with Crippen LogP contribution in [-0.2, 0) is 10.2 Å². The zero-order chi connectivity index (χ0) is 16.0. The fourth-order valence-corrected chi connectivity index (χ4v) is 6.25. The molecular formula is C17H25N3O2S. The minimum atomic E-state index is -3.45. The molecule has 0 N–H and O–H groups in total.